The number of aliphatic hydroxyl groups is 1. The molecule has 1 N–H and O–H groups in total. The monoisotopic (exact) mass is 180 g/mol. The van der Waals surface area contributed by atoms with Crippen LogP contribution in [0, 0.1) is 23.7 Å². The maximum absolute atomic E-state index is 10.3. The van der Waals surface area contributed by atoms with E-state index in [0.717, 1.165) is 12.8 Å². The average molecular weight is 180 g/mol. The minimum absolute atomic E-state index is 0.155. The van der Waals surface area contributed by atoms with Crippen molar-refractivity contribution in [2.75, 3.05) is 0 Å². The van der Waals surface area contributed by atoms with Crippen molar-refractivity contribution in [1.82, 2.24) is 0 Å². The summed E-state index contributed by atoms with van der Waals surface area (Å²) in [5.74, 6) is 3.09. The van der Waals surface area contributed by atoms with Gasteiger partial charge in [-0.3, -0.25) is 0 Å². The first kappa shape index (κ1) is 10.6. The highest BCUT2D eigenvalue weighted by Gasteiger charge is 2.46. The molecule has 0 amide bonds. The minimum atomic E-state index is -0.900. The van der Waals surface area contributed by atoms with Gasteiger partial charge in [0.1, 0.15) is 5.60 Å². The lowest BCUT2D eigenvalue weighted by molar-refractivity contribution is -0.0454. The second kappa shape index (κ2) is 3.35. The van der Waals surface area contributed by atoms with Crippen molar-refractivity contribution < 1.29 is 5.11 Å². The average Bonchev–Trinajstić information content (AvgIpc) is 2.18. The summed E-state index contributed by atoms with van der Waals surface area (Å²) >= 11 is 0. The van der Waals surface area contributed by atoms with E-state index < -0.39 is 5.60 Å². The van der Waals surface area contributed by atoms with E-state index in [1.165, 1.54) is 12.8 Å². The Morgan fingerprint density at radius 2 is 2.00 bits per heavy atom. The molecule has 0 aliphatic heterocycles. The highest BCUT2D eigenvalue weighted by atomic mass is 16.3. The molecule has 74 valence electrons. The van der Waals surface area contributed by atoms with E-state index in [4.69, 9.17) is 6.42 Å². The summed E-state index contributed by atoms with van der Waals surface area (Å²) in [4.78, 5) is 0. The smallest absolute Gasteiger partial charge is 0.130 e. The summed E-state index contributed by atoms with van der Waals surface area (Å²) in [6, 6.07) is 0. The van der Waals surface area contributed by atoms with E-state index in [2.05, 4.69) is 26.7 Å². The highest BCUT2D eigenvalue weighted by Crippen LogP contribution is 2.45. The van der Waals surface area contributed by atoms with Crippen LogP contribution in [0.15, 0.2) is 0 Å². The van der Waals surface area contributed by atoms with Crippen molar-refractivity contribution in [3.8, 4) is 12.3 Å². The Hall–Kier alpha value is -0.480. The third-order valence-electron chi connectivity index (χ3n) is 3.96. The molecule has 0 aromatic heterocycles. The summed E-state index contributed by atoms with van der Waals surface area (Å²) < 4.78 is 0. The Labute approximate surface area is 81.5 Å². The SMILES string of the molecule is C#CC1(O)CCCCC(C)C1(C)C. The van der Waals surface area contributed by atoms with Gasteiger partial charge in [-0.2, -0.15) is 0 Å². The van der Waals surface area contributed by atoms with Crippen molar-refractivity contribution in [1.29, 1.82) is 0 Å². The molecule has 0 radical (unpaired) electrons. The summed E-state index contributed by atoms with van der Waals surface area (Å²) in [5, 5.41) is 10.3. The summed E-state index contributed by atoms with van der Waals surface area (Å²) in [7, 11) is 0. The molecule has 1 heteroatoms. The zero-order valence-corrected chi connectivity index (χ0v) is 8.93. The maximum atomic E-state index is 10.3. The van der Waals surface area contributed by atoms with E-state index in [9.17, 15) is 5.11 Å². The van der Waals surface area contributed by atoms with Gasteiger partial charge >= 0.3 is 0 Å². The second-order valence-electron chi connectivity index (χ2n) is 4.87. The molecule has 0 saturated heterocycles. The zero-order chi connectivity index (χ0) is 10.1. The van der Waals surface area contributed by atoms with E-state index in [1.54, 1.807) is 0 Å². The van der Waals surface area contributed by atoms with Gasteiger partial charge in [0.05, 0.1) is 0 Å². The first-order valence-electron chi connectivity index (χ1n) is 5.14. The van der Waals surface area contributed by atoms with Gasteiger partial charge in [0.2, 0.25) is 0 Å². The van der Waals surface area contributed by atoms with Crippen LogP contribution in [0.3, 0.4) is 0 Å². The third-order valence-corrected chi connectivity index (χ3v) is 3.96. The highest BCUT2D eigenvalue weighted by molar-refractivity contribution is 5.15. The maximum Gasteiger partial charge on any atom is 0.130 e. The minimum Gasteiger partial charge on any atom is -0.377 e. The van der Waals surface area contributed by atoms with Crippen LogP contribution in [-0.4, -0.2) is 10.7 Å². The molecule has 2 atom stereocenters. The Kier molecular flexibility index (Phi) is 2.73. The zero-order valence-electron chi connectivity index (χ0n) is 8.93. The molecule has 1 saturated carbocycles. The molecule has 0 bridgehead atoms. The van der Waals surface area contributed by atoms with Gasteiger partial charge in [0.15, 0.2) is 0 Å². The predicted molar refractivity (Wildman–Crippen MR) is 55.2 cm³/mol. The van der Waals surface area contributed by atoms with Crippen LogP contribution in [-0.2, 0) is 0 Å². The predicted octanol–water partition coefficient (Wildman–Crippen LogP) is 2.59. The molecule has 0 aromatic rings. The molecule has 0 aromatic carbocycles. The Morgan fingerprint density at radius 3 is 2.54 bits per heavy atom. The molecular formula is C12H20O. The molecule has 13 heavy (non-hydrogen) atoms. The molecule has 2 unspecified atom stereocenters. The van der Waals surface area contributed by atoms with Gasteiger partial charge in [-0.05, 0) is 18.8 Å². The Bertz CT molecular complexity index is 224. The standard InChI is InChI=1S/C12H20O/c1-5-12(13)9-7-6-8-10(2)11(12,3)4/h1,10,13H,6-9H2,2-4H3. The van der Waals surface area contributed by atoms with Crippen molar-refractivity contribution in [2.45, 2.75) is 52.1 Å². The van der Waals surface area contributed by atoms with Gasteiger partial charge in [-0.15, -0.1) is 6.42 Å². The lowest BCUT2D eigenvalue weighted by atomic mass is 9.66. The van der Waals surface area contributed by atoms with Crippen LogP contribution >= 0.6 is 0 Å². The van der Waals surface area contributed by atoms with Gasteiger partial charge in [0.25, 0.3) is 0 Å². The van der Waals surface area contributed by atoms with Gasteiger partial charge in [-0.1, -0.05) is 39.5 Å². The van der Waals surface area contributed by atoms with E-state index in [-0.39, 0.29) is 5.41 Å². The van der Waals surface area contributed by atoms with Crippen LogP contribution < -0.4 is 0 Å². The largest absolute Gasteiger partial charge is 0.377 e. The quantitative estimate of drug-likeness (QED) is 0.449. The Morgan fingerprint density at radius 1 is 1.38 bits per heavy atom. The van der Waals surface area contributed by atoms with Crippen molar-refractivity contribution in [2.24, 2.45) is 11.3 Å². The second-order valence-corrected chi connectivity index (χ2v) is 4.87. The molecule has 0 spiro atoms. The molecule has 1 nitrogen and oxygen atoms in total. The van der Waals surface area contributed by atoms with Crippen molar-refractivity contribution in [3.05, 3.63) is 0 Å². The number of terminal acetylenes is 1. The van der Waals surface area contributed by atoms with Crippen LogP contribution in [0.4, 0.5) is 0 Å². The lowest BCUT2D eigenvalue weighted by Crippen LogP contribution is -2.46. The van der Waals surface area contributed by atoms with Gasteiger partial charge in [0, 0.05) is 5.41 Å². The first-order valence-corrected chi connectivity index (χ1v) is 5.14. The number of rotatable bonds is 0. The van der Waals surface area contributed by atoms with Crippen LogP contribution in [0.2, 0.25) is 0 Å². The summed E-state index contributed by atoms with van der Waals surface area (Å²) in [5.41, 5.74) is -1.05. The summed E-state index contributed by atoms with van der Waals surface area (Å²) in [6.45, 7) is 6.36. The van der Waals surface area contributed by atoms with Crippen LogP contribution in [0.25, 0.3) is 0 Å². The van der Waals surface area contributed by atoms with Gasteiger partial charge < -0.3 is 5.11 Å². The van der Waals surface area contributed by atoms with E-state index in [0.29, 0.717) is 5.92 Å². The van der Waals surface area contributed by atoms with Gasteiger partial charge in [-0.25, -0.2) is 0 Å². The normalized spacial score (nSPS) is 39.2. The lowest BCUT2D eigenvalue weighted by Gasteiger charge is -2.41. The molecule has 1 aliphatic rings. The molecular weight excluding hydrogens is 160 g/mol. The molecule has 0 heterocycles. The van der Waals surface area contributed by atoms with E-state index >= 15 is 0 Å². The fraction of sp³-hybridized carbons (Fsp3) is 0.833. The van der Waals surface area contributed by atoms with E-state index in [1.807, 2.05) is 0 Å². The molecule has 1 fully saturated rings. The van der Waals surface area contributed by atoms with Crippen molar-refractivity contribution >= 4 is 0 Å². The Balaban J connectivity index is 3.00. The fourth-order valence-electron chi connectivity index (χ4n) is 2.18. The van der Waals surface area contributed by atoms with Crippen molar-refractivity contribution in [3.63, 3.8) is 0 Å². The summed E-state index contributed by atoms with van der Waals surface area (Å²) in [6.07, 6.45) is 9.61. The first-order chi connectivity index (χ1) is 5.94. The molecule has 1 aliphatic carbocycles. The number of hydrogen-bond acceptors (Lipinski definition) is 1. The molecule has 1 rings (SSSR count). The van der Waals surface area contributed by atoms with Crippen LogP contribution in [0.1, 0.15) is 46.5 Å². The fourth-order valence-corrected chi connectivity index (χ4v) is 2.18. The van der Waals surface area contributed by atoms with Crippen LogP contribution in [0.5, 0.6) is 0 Å². The number of hydrogen-bond donors (Lipinski definition) is 1. The topological polar surface area (TPSA) is 20.2 Å². The third kappa shape index (κ3) is 1.60.